The molecule has 0 bridgehead atoms. The lowest BCUT2D eigenvalue weighted by molar-refractivity contribution is 0.0505. The topological polar surface area (TPSA) is 64.1 Å². The molecule has 2 aromatic carbocycles. The van der Waals surface area contributed by atoms with Crippen molar-refractivity contribution in [1.82, 2.24) is 9.97 Å². The molecule has 0 saturated carbocycles. The zero-order chi connectivity index (χ0) is 16.9. The Labute approximate surface area is 153 Å². The Bertz CT molecular complexity index is 883. The maximum atomic E-state index is 12.0. The lowest BCUT2D eigenvalue weighted by atomic mass is 10.2. The predicted molar refractivity (Wildman–Crippen MR) is 103 cm³/mol. The molecule has 3 aromatic rings. The van der Waals surface area contributed by atoms with Gasteiger partial charge in [0.05, 0.1) is 17.7 Å². The molecule has 24 heavy (non-hydrogen) atoms. The Balaban J connectivity index is 1.89. The molecule has 0 saturated heterocycles. The summed E-state index contributed by atoms with van der Waals surface area (Å²) in [5.41, 5.74) is 2.16. The molecule has 0 radical (unpaired) electrons. The number of hydrogen-bond donors (Lipinski definition) is 1. The third-order valence-electron chi connectivity index (χ3n) is 3.40. The van der Waals surface area contributed by atoms with Crippen molar-refractivity contribution in [3.05, 3.63) is 57.9 Å². The molecule has 1 N–H and O–H groups in total. The predicted octanol–water partition coefficient (Wildman–Crippen LogP) is 4.54. The van der Waals surface area contributed by atoms with Crippen LogP contribution in [0.25, 0.3) is 10.9 Å². The molecule has 0 aliphatic rings. The van der Waals surface area contributed by atoms with E-state index < -0.39 is 0 Å². The van der Waals surface area contributed by atoms with E-state index in [-0.39, 0.29) is 5.97 Å². The van der Waals surface area contributed by atoms with Gasteiger partial charge in [-0.25, -0.2) is 14.8 Å². The standard InChI is InChI=1S/C18H16IN3O2/c1-2-8-24-18(23)12-4-3-5-14(9-12)22-17-15-10-13(19)6-7-16(15)20-11-21-17/h3-7,9-11H,2,8H2,1H3,(H,20,21,22). The minimum absolute atomic E-state index is 0.317. The second-order valence-corrected chi connectivity index (χ2v) is 6.47. The maximum absolute atomic E-state index is 12.0. The monoisotopic (exact) mass is 433 g/mol. The number of rotatable bonds is 5. The van der Waals surface area contributed by atoms with Gasteiger partial charge in [-0.05, 0) is 65.4 Å². The number of halogens is 1. The zero-order valence-corrected chi connectivity index (χ0v) is 15.3. The highest BCUT2D eigenvalue weighted by molar-refractivity contribution is 14.1. The second-order valence-electron chi connectivity index (χ2n) is 5.23. The van der Waals surface area contributed by atoms with Gasteiger partial charge in [-0.15, -0.1) is 0 Å². The zero-order valence-electron chi connectivity index (χ0n) is 13.1. The van der Waals surface area contributed by atoms with Crippen molar-refractivity contribution in [3.8, 4) is 0 Å². The average molecular weight is 433 g/mol. The SMILES string of the molecule is CCCOC(=O)c1cccc(Nc2ncnc3ccc(I)cc23)c1. The molecule has 5 nitrogen and oxygen atoms in total. The number of fused-ring (bicyclic) bond motifs is 1. The van der Waals surface area contributed by atoms with Crippen molar-refractivity contribution in [2.24, 2.45) is 0 Å². The molecule has 3 rings (SSSR count). The van der Waals surface area contributed by atoms with Crippen LogP contribution in [0.2, 0.25) is 0 Å². The molecule has 0 aliphatic carbocycles. The first-order valence-corrected chi connectivity index (χ1v) is 8.69. The van der Waals surface area contributed by atoms with Crippen LogP contribution in [0.4, 0.5) is 11.5 Å². The number of carbonyl (C=O) groups excluding carboxylic acids is 1. The molecular formula is C18H16IN3O2. The summed E-state index contributed by atoms with van der Waals surface area (Å²) in [7, 11) is 0. The summed E-state index contributed by atoms with van der Waals surface area (Å²) < 4.78 is 6.28. The minimum Gasteiger partial charge on any atom is -0.462 e. The van der Waals surface area contributed by atoms with Crippen LogP contribution >= 0.6 is 22.6 Å². The molecule has 1 heterocycles. The molecule has 0 fully saturated rings. The fourth-order valence-corrected chi connectivity index (χ4v) is 2.76. The van der Waals surface area contributed by atoms with Gasteiger partial charge in [-0.2, -0.15) is 0 Å². The highest BCUT2D eigenvalue weighted by Gasteiger charge is 2.09. The van der Waals surface area contributed by atoms with E-state index in [1.165, 1.54) is 6.33 Å². The molecule has 6 heteroatoms. The summed E-state index contributed by atoms with van der Waals surface area (Å²) in [6, 6.07) is 13.2. The number of aromatic nitrogens is 2. The number of esters is 1. The average Bonchev–Trinajstić information content (AvgIpc) is 2.60. The van der Waals surface area contributed by atoms with Crippen molar-refractivity contribution in [2.75, 3.05) is 11.9 Å². The van der Waals surface area contributed by atoms with Gasteiger partial charge in [0.25, 0.3) is 0 Å². The van der Waals surface area contributed by atoms with Crippen LogP contribution in [-0.4, -0.2) is 22.5 Å². The molecular weight excluding hydrogens is 417 g/mol. The summed E-state index contributed by atoms with van der Waals surface area (Å²) >= 11 is 2.26. The van der Waals surface area contributed by atoms with Crippen LogP contribution in [0.5, 0.6) is 0 Å². The van der Waals surface area contributed by atoms with Crippen molar-refractivity contribution < 1.29 is 9.53 Å². The molecule has 0 aliphatic heterocycles. The van der Waals surface area contributed by atoms with Gasteiger partial charge in [-0.3, -0.25) is 0 Å². The number of carbonyl (C=O) groups is 1. The molecule has 0 unspecified atom stereocenters. The van der Waals surface area contributed by atoms with Crippen molar-refractivity contribution >= 4 is 51.0 Å². The number of anilines is 2. The summed E-state index contributed by atoms with van der Waals surface area (Å²) in [6.07, 6.45) is 2.33. The lowest BCUT2D eigenvalue weighted by Gasteiger charge is -2.10. The Morgan fingerprint density at radius 2 is 2.08 bits per heavy atom. The van der Waals surface area contributed by atoms with Gasteiger partial charge in [0.15, 0.2) is 0 Å². The van der Waals surface area contributed by atoms with Crippen molar-refractivity contribution in [1.29, 1.82) is 0 Å². The Morgan fingerprint density at radius 3 is 2.92 bits per heavy atom. The second kappa shape index (κ2) is 7.57. The van der Waals surface area contributed by atoms with Gasteiger partial charge in [-0.1, -0.05) is 13.0 Å². The Kier molecular flexibility index (Phi) is 5.24. The first-order valence-electron chi connectivity index (χ1n) is 7.62. The minimum atomic E-state index is -0.317. The van der Waals surface area contributed by atoms with E-state index in [0.29, 0.717) is 18.0 Å². The van der Waals surface area contributed by atoms with E-state index in [1.54, 1.807) is 12.1 Å². The van der Waals surface area contributed by atoms with E-state index in [4.69, 9.17) is 4.74 Å². The number of hydrogen-bond acceptors (Lipinski definition) is 5. The third-order valence-corrected chi connectivity index (χ3v) is 4.07. The van der Waals surface area contributed by atoms with Crippen LogP contribution < -0.4 is 5.32 Å². The quantitative estimate of drug-likeness (QED) is 0.473. The normalized spacial score (nSPS) is 10.6. The van der Waals surface area contributed by atoms with Crippen molar-refractivity contribution in [3.63, 3.8) is 0 Å². The van der Waals surface area contributed by atoms with Gasteiger partial charge in [0.1, 0.15) is 12.1 Å². The van der Waals surface area contributed by atoms with Crippen molar-refractivity contribution in [2.45, 2.75) is 13.3 Å². The smallest absolute Gasteiger partial charge is 0.338 e. The third kappa shape index (κ3) is 3.81. The number of benzene rings is 2. The van der Waals surface area contributed by atoms with Gasteiger partial charge in [0.2, 0.25) is 0 Å². The summed E-state index contributed by atoms with van der Waals surface area (Å²) in [4.78, 5) is 20.6. The largest absolute Gasteiger partial charge is 0.462 e. The highest BCUT2D eigenvalue weighted by atomic mass is 127. The summed E-state index contributed by atoms with van der Waals surface area (Å²) in [6.45, 7) is 2.39. The van der Waals surface area contributed by atoms with E-state index in [2.05, 4.69) is 37.9 Å². The molecule has 122 valence electrons. The van der Waals surface area contributed by atoms with Crippen LogP contribution in [0.15, 0.2) is 48.8 Å². The molecule has 0 spiro atoms. The molecule has 0 amide bonds. The number of nitrogens with one attached hydrogen (secondary N) is 1. The van der Waals surface area contributed by atoms with E-state index in [9.17, 15) is 4.79 Å². The Hall–Kier alpha value is -2.22. The number of nitrogens with zero attached hydrogens (tertiary/aromatic N) is 2. The summed E-state index contributed by atoms with van der Waals surface area (Å²) in [5, 5.41) is 4.20. The van der Waals surface area contributed by atoms with Crippen LogP contribution in [0, 0.1) is 3.57 Å². The maximum Gasteiger partial charge on any atom is 0.338 e. The van der Waals surface area contributed by atoms with Gasteiger partial charge < -0.3 is 10.1 Å². The van der Waals surface area contributed by atoms with Crippen LogP contribution in [0.3, 0.4) is 0 Å². The van der Waals surface area contributed by atoms with E-state index in [0.717, 1.165) is 26.6 Å². The van der Waals surface area contributed by atoms with E-state index >= 15 is 0 Å². The van der Waals surface area contributed by atoms with E-state index in [1.807, 2.05) is 37.3 Å². The first-order chi connectivity index (χ1) is 11.7. The number of ether oxygens (including phenoxy) is 1. The highest BCUT2D eigenvalue weighted by Crippen LogP contribution is 2.25. The molecule has 1 aromatic heterocycles. The lowest BCUT2D eigenvalue weighted by Crippen LogP contribution is -2.06. The van der Waals surface area contributed by atoms with Crippen LogP contribution in [0.1, 0.15) is 23.7 Å². The fourth-order valence-electron chi connectivity index (χ4n) is 2.27. The first kappa shape index (κ1) is 16.6. The summed E-state index contributed by atoms with van der Waals surface area (Å²) in [5.74, 6) is 0.389. The Morgan fingerprint density at radius 1 is 1.21 bits per heavy atom. The van der Waals surface area contributed by atoms with Gasteiger partial charge >= 0.3 is 5.97 Å². The molecule has 0 atom stereocenters. The van der Waals surface area contributed by atoms with Crippen LogP contribution in [-0.2, 0) is 4.74 Å². The van der Waals surface area contributed by atoms with Gasteiger partial charge in [0, 0.05) is 14.6 Å². The fraction of sp³-hybridized carbons (Fsp3) is 0.167.